The van der Waals surface area contributed by atoms with Crippen LogP contribution in [0.4, 0.5) is 8.78 Å². The molecule has 0 radical (unpaired) electrons. The summed E-state index contributed by atoms with van der Waals surface area (Å²) in [6, 6.07) is 27.8. The fourth-order valence-electron chi connectivity index (χ4n) is 7.29. The van der Waals surface area contributed by atoms with Gasteiger partial charge in [-0.1, -0.05) is 54.6 Å². The summed E-state index contributed by atoms with van der Waals surface area (Å²) in [5.41, 5.74) is 6.70. The number of likely N-dealkylation sites (tertiary alicyclic amines) is 2. The Labute approximate surface area is 314 Å². The number of halogens is 2. The van der Waals surface area contributed by atoms with Crippen molar-refractivity contribution in [1.82, 2.24) is 29.7 Å². The first kappa shape index (κ1) is 36.5. The van der Waals surface area contributed by atoms with E-state index in [2.05, 4.69) is 19.9 Å². The molecule has 54 heavy (non-hydrogen) atoms. The van der Waals surface area contributed by atoms with Crippen LogP contribution in [0.3, 0.4) is 0 Å². The van der Waals surface area contributed by atoms with Gasteiger partial charge in [0.15, 0.2) is 0 Å². The number of piperidine rings is 2. The lowest BCUT2D eigenvalue weighted by Gasteiger charge is -2.31. The molecule has 4 aromatic carbocycles. The zero-order valence-electron chi connectivity index (χ0n) is 30.6. The molecule has 2 aliphatic heterocycles. The Hall–Kier alpha value is -5.90. The molecule has 2 N–H and O–H groups in total. The SMILES string of the molecule is Cc1cnc(C2CCN(C(=O)c3ccc(-c4ccc(F)cc4)cc3)CC2)[nH]1.Cc1cnc(C2CCN(C(=O)c3ccc(-c4ccccc4F)cc3)CC2)[nH]1. The number of aromatic nitrogens is 4. The summed E-state index contributed by atoms with van der Waals surface area (Å²) in [6.45, 7) is 6.92. The van der Waals surface area contributed by atoms with E-state index in [1.165, 1.54) is 18.2 Å². The van der Waals surface area contributed by atoms with E-state index in [4.69, 9.17) is 0 Å². The van der Waals surface area contributed by atoms with Gasteiger partial charge in [0.1, 0.15) is 23.3 Å². The number of nitrogens with zero attached hydrogens (tertiary/aromatic N) is 4. The van der Waals surface area contributed by atoms with Crippen LogP contribution in [0.5, 0.6) is 0 Å². The lowest BCUT2D eigenvalue weighted by Crippen LogP contribution is -2.38. The Balaban J connectivity index is 0.000000167. The molecule has 0 atom stereocenters. The summed E-state index contributed by atoms with van der Waals surface area (Å²) in [5, 5.41) is 0. The summed E-state index contributed by atoms with van der Waals surface area (Å²) >= 11 is 0. The van der Waals surface area contributed by atoms with Gasteiger partial charge < -0.3 is 19.8 Å². The Kier molecular flexibility index (Phi) is 11.1. The van der Waals surface area contributed by atoms with Crippen molar-refractivity contribution in [3.63, 3.8) is 0 Å². The van der Waals surface area contributed by atoms with E-state index >= 15 is 0 Å². The van der Waals surface area contributed by atoms with Gasteiger partial charge in [-0.25, -0.2) is 18.7 Å². The molecule has 10 heteroatoms. The summed E-state index contributed by atoms with van der Waals surface area (Å²) in [4.78, 5) is 44.9. The minimum absolute atomic E-state index is 0.0316. The Bertz CT molecular complexity index is 2180. The number of amides is 2. The van der Waals surface area contributed by atoms with Gasteiger partial charge in [-0.05, 0) is 98.7 Å². The first-order valence-corrected chi connectivity index (χ1v) is 18.5. The number of benzene rings is 4. The molecule has 2 saturated heterocycles. The molecule has 2 aliphatic rings. The second-order valence-electron chi connectivity index (χ2n) is 14.2. The van der Waals surface area contributed by atoms with Crippen LogP contribution in [-0.4, -0.2) is 67.7 Å². The molecule has 0 aliphatic carbocycles. The molecule has 0 saturated carbocycles. The topological polar surface area (TPSA) is 98.0 Å². The van der Waals surface area contributed by atoms with Crippen molar-refractivity contribution in [2.24, 2.45) is 0 Å². The highest BCUT2D eigenvalue weighted by Crippen LogP contribution is 2.29. The normalized spacial score (nSPS) is 15.1. The number of hydrogen-bond acceptors (Lipinski definition) is 4. The number of H-pyrrole nitrogens is 2. The summed E-state index contributed by atoms with van der Waals surface area (Å²) in [5.74, 6) is 2.41. The van der Waals surface area contributed by atoms with Gasteiger partial charge in [-0.2, -0.15) is 0 Å². The molecule has 0 spiro atoms. The summed E-state index contributed by atoms with van der Waals surface area (Å²) < 4.78 is 27.0. The van der Waals surface area contributed by atoms with Crippen LogP contribution < -0.4 is 0 Å². The minimum Gasteiger partial charge on any atom is -0.346 e. The van der Waals surface area contributed by atoms with Gasteiger partial charge in [-0.15, -0.1) is 0 Å². The standard InChI is InChI=1S/2C22H22FN3O/c1-15-14-24-21(25-15)18-10-12-26(13-11-18)22(27)19-4-2-16(3-5-19)17-6-8-20(23)9-7-17;1-15-14-24-21(25-15)17-10-12-26(13-11-17)22(27)18-8-6-16(7-9-18)19-4-2-3-5-20(19)23/h2-9,14,18H,10-13H2,1H3,(H,24,25);2-9,14,17H,10-13H2,1H3,(H,24,25). The molecule has 2 aromatic heterocycles. The van der Waals surface area contributed by atoms with E-state index < -0.39 is 0 Å². The van der Waals surface area contributed by atoms with Gasteiger partial charge in [0, 0.05) is 78.5 Å². The molecule has 6 aromatic rings. The third-order valence-electron chi connectivity index (χ3n) is 10.4. The van der Waals surface area contributed by atoms with Crippen molar-refractivity contribution in [2.75, 3.05) is 26.2 Å². The number of nitrogens with one attached hydrogen (secondary N) is 2. The fourth-order valence-corrected chi connectivity index (χ4v) is 7.29. The van der Waals surface area contributed by atoms with Gasteiger partial charge in [0.25, 0.3) is 11.8 Å². The minimum atomic E-state index is -0.258. The number of aryl methyl sites for hydroxylation is 2. The molecule has 276 valence electrons. The van der Waals surface area contributed by atoms with Gasteiger partial charge in [0.05, 0.1) is 0 Å². The Morgan fingerprint density at radius 3 is 1.39 bits per heavy atom. The highest BCUT2D eigenvalue weighted by atomic mass is 19.1. The quantitative estimate of drug-likeness (QED) is 0.179. The van der Waals surface area contributed by atoms with Crippen molar-refractivity contribution >= 4 is 11.8 Å². The van der Waals surface area contributed by atoms with Crippen LogP contribution >= 0.6 is 0 Å². The maximum Gasteiger partial charge on any atom is 0.253 e. The fraction of sp³-hybridized carbons (Fsp3) is 0.273. The van der Waals surface area contributed by atoms with Crippen molar-refractivity contribution in [1.29, 1.82) is 0 Å². The molecule has 8 nitrogen and oxygen atoms in total. The van der Waals surface area contributed by atoms with Crippen molar-refractivity contribution in [3.05, 3.63) is 155 Å². The van der Waals surface area contributed by atoms with Gasteiger partial charge in [-0.3, -0.25) is 9.59 Å². The third-order valence-corrected chi connectivity index (χ3v) is 10.4. The van der Waals surface area contributed by atoms with Crippen LogP contribution in [0.15, 0.2) is 109 Å². The molecule has 2 fully saturated rings. The monoisotopic (exact) mass is 726 g/mol. The molecule has 0 unspecified atom stereocenters. The van der Waals surface area contributed by atoms with Gasteiger partial charge in [0.2, 0.25) is 0 Å². The highest BCUT2D eigenvalue weighted by molar-refractivity contribution is 5.95. The van der Waals surface area contributed by atoms with Crippen molar-refractivity contribution in [3.8, 4) is 22.3 Å². The van der Waals surface area contributed by atoms with Crippen LogP contribution in [0, 0.1) is 25.5 Å². The predicted molar refractivity (Wildman–Crippen MR) is 206 cm³/mol. The smallest absolute Gasteiger partial charge is 0.253 e. The number of rotatable bonds is 6. The van der Waals surface area contributed by atoms with E-state index in [1.807, 2.05) is 78.5 Å². The van der Waals surface area contributed by atoms with E-state index in [-0.39, 0.29) is 23.4 Å². The lowest BCUT2D eigenvalue weighted by molar-refractivity contribution is 0.0704. The largest absolute Gasteiger partial charge is 0.346 e. The number of carbonyl (C=O) groups is 2. The first-order valence-electron chi connectivity index (χ1n) is 18.5. The average molecular weight is 727 g/mol. The molecule has 0 bridgehead atoms. The van der Waals surface area contributed by atoms with Crippen molar-refractivity contribution < 1.29 is 18.4 Å². The number of aromatic amines is 2. The third kappa shape index (κ3) is 8.49. The van der Waals surface area contributed by atoms with Crippen LogP contribution in [0.1, 0.15) is 81.3 Å². The Morgan fingerprint density at radius 2 is 0.981 bits per heavy atom. The van der Waals surface area contributed by atoms with Crippen LogP contribution in [0.25, 0.3) is 22.3 Å². The molecular formula is C44H44F2N6O2. The van der Waals surface area contributed by atoms with E-state index in [9.17, 15) is 18.4 Å². The average Bonchev–Trinajstić information content (AvgIpc) is 3.86. The number of hydrogen-bond donors (Lipinski definition) is 2. The van der Waals surface area contributed by atoms with Crippen LogP contribution in [-0.2, 0) is 0 Å². The molecular weight excluding hydrogens is 683 g/mol. The van der Waals surface area contributed by atoms with Gasteiger partial charge >= 0.3 is 0 Å². The van der Waals surface area contributed by atoms with E-state index in [0.717, 1.165) is 91.6 Å². The highest BCUT2D eigenvalue weighted by Gasteiger charge is 2.27. The zero-order chi connectivity index (χ0) is 37.6. The summed E-state index contributed by atoms with van der Waals surface area (Å²) in [7, 11) is 0. The lowest BCUT2D eigenvalue weighted by atomic mass is 9.95. The zero-order valence-corrected chi connectivity index (χ0v) is 30.6. The number of carbonyl (C=O) groups excluding carboxylic acids is 2. The second kappa shape index (κ2) is 16.4. The maximum atomic E-state index is 13.9. The maximum absolute atomic E-state index is 13.9. The Morgan fingerprint density at radius 1 is 0.574 bits per heavy atom. The molecule has 8 rings (SSSR count). The second-order valence-corrected chi connectivity index (χ2v) is 14.2. The predicted octanol–water partition coefficient (Wildman–Crippen LogP) is 9.09. The summed E-state index contributed by atoms with van der Waals surface area (Å²) in [6.07, 6.45) is 7.37. The first-order chi connectivity index (χ1) is 26.2. The molecule has 2 amide bonds. The number of imidazole rings is 2. The molecule has 4 heterocycles. The van der Waals surface area contributed by atoms with E-state index in [1.54, 1.807) is 36.4 Å². The van der Waals surface area contributed by atoms with Crippen LogP contribution in [0.2, 0.25) is 0 Å². The van der Waals surface area contributed by atoms with E-state index in [0.29, 0.717) is 28.5 Å². The van der Waals surface area contributed by atoms with Crippen molar-refractivity contribution in [2.45, 2.75) is 51.4 Å².